The lowest BCUT2D eigenvalue weighted by Gasteiger charge is -2.40. The van der Waals surface area contributed by atoms with E-state index in [-0.39, 0.29) is 5.54 Å². The first-order chi connectivity index (χ1) is 7.69. The van der Waals surface area contributed by atoms with Crippen LogP contribution >= 0.6 is 0 Å². The second-order valence-corrected chi connectivity index (χ2v) is 5.09. The fraction of sp³-hybridized carbons (Fsp3) is 0.500. The molecule has 2 nitrogen and oxygen atoms in total. The molecule has 5 heteroatoms. The van der Waals surface area contributed by atoms with E-state index in [2.05, 4.69) is 5.32 Å². The van der Waals surface area contributed by atoms with Gasteiger partial charge >= 0.3 is 6.18 Å². The highest BCUT2D eigenvalue weighted by atomic mass is 19.4. The van der Waals surface area contributed by atoms with E-state index < -0.39 is 11.7 Å². The molecule has 0 spiro atoms. The molecule has 2 rings (SSSR count). The number of hydrogen-bond donors (Lipinski definition) is 1. The maximum atomic E-state index is 12.6. The number of halogens is 3. The van der Waals surface area contributed by atoms with Crippen LogP contribution in [0.15, 0.2) is 18.2 Å². The second kappa shape index (κ2) is 3.55. The lowest BCUT2D eigenvalue weighted by atomic mass is 9.99. The van der Waals surface area contributed by atoms with Crippen LogP contribution in [0, 0.1) is 0 Å². The molecule has 1 heterocycles. The largest absolute Gasteiger partial charge is 0.416 e. The summed E-state index contributed by atoms with van der Waals surface area (Å²) < 4.78 is 37.8. The summed E-state index contributed by atoms with van der Waals surface area (Å²) in [6, 6.07) is 3.80. The van der Waals surface area contributed by atoms with Crippen LogP contribution in [0.1, 0.15) is 19.4 Å². The normalized spacial score (nSPS) is 18.6. The Morgan fingerprint density at radius 1 is 1.29 bits per heavy atom. The van der Waals surface area contributed by atoms with Crippen molar-refractivity contribution in [1.29, 1.82) is 0 Å². The molecule has 0 amide bonds. The molecule has 0 bridgehead atoms. The summed E-state index contributed by atoms with van der Waals surface area (Å²) in [5.41, 5.74) is 0.599. The number of alkyl halides is 3. The summed E-state index contributed by atoms with van der Waals surface area (Å²) in [4.78, 5) is 1.85. The molecule has 0 radical (unpaired) electrons. The number of nitrogens with one attached hydrogen (secondary N) is 1. The van der Waals surface area contributed by atoms with Gasteiger partial charge in [0.2, 0.25) is 0 Å². The van der Waals surface area contributed by atoms with Gasteiger partial charge in [-0.05, 0) is 32.0 Å². The van der Waals surface area contributed by atoms with Gasteiger partial charge < -0.3 is 10.2 Å². The summed E-state index contributed by atoms with van der Waals surface area (Å²) in [5, 5.41) is 3.24. The Hall–Kier alpha value is -1.39. The molecular weight excluding hydrogens is 229 g/mol. The van der Waals surface area contributed by atoms with Gasteiger partial charge in [-0.15, -0.1) is 0 Å². The number of anilines is 2. The number of fused-ring (bicyclic) bond motifs is 1. The first-order valence-electron chi connectivity index (χ1n) is 5.40. The van der Waals surface area contributed by atoms with Gasteiger partial charge in [-0.3, -0.25) is 0 Å². The highest BCUT2D eigenvalue weighted by Crippen LogP contribution is 2.38. The van der Waals surface area contributed by atoms with Crippen LogP contribution in [0.2, 0.25) is 0 Å². The maximum absolute atomic E-state index is 12.6. The zero-order valence-corrected chi connectivity index (χ0v) is 10.0. The Balaban J connectivity index is 2.44. The number of nitrogens with zero attached hydrogens (tertiary/aromatic N) is 1. The van der Waals surface area contributed by atoms with E-state index in [9.17, 15) is 13.2 Å². The van der Waals surface area contributed by atoms with Crippen molar-refractivity contribution >= 4 is 11.4 Å². The average molecular weight is 244 g/mol. The Labute approximate surface area is 98.4 Å². The topological polar surface area (TPSA) is 15.3 Å². The van der Waals surface area contributed by atoms with Crippen LogP contribution in [0.3, 0.4) is 0 Å². The van der Waals surface area contributed by atoms with Gasteiger partial charge in [-0.1, -0.05) is 0 Å². The third-order valence-electron chi connectivity index (χ3n) is 2.84. The minimum absolute atomic E-state index is 0.137. The van der Waals surface area contributed by atoms with Gasteiger partial charge in [0, 0.05) is 19.1 Å². The zero-order valence-electron chi connectivity index (χ0n) is 10.0. The fourth-order valence-corrected chi connectivity index (χ4v) is 2.21. The monoisotopic (exact) mass is 244 g/mol. The maximum Gasteiger partial charge on any atom is 0.416 e. The molecule has 94 valence electrons. The summed E-state index contributed by atoms with van der Waals surface area (Å²) >= 11 is 0. The molecule has 1 aliphatic heterocycles. The molecule has 0 unspecified atom stereocenters. The summed E-state index contributed by atoms with van der Waals surface area (Å²) in [5.74, 6) is 0. The first kappa shape index (κ1) is 12.1. The quantitative estimate of drug-likeness (QED) is 0.753. The van der Waals surface area contributed by atoms with E-state index in [4.69, 9.17) is 0 Å². The first-order valence-corrected chi connectivity index (χ1v) is 5.40. The van der Waals surface area contributed by atoms with Crippen LogP contribution in [0.4, 0.5) is 24.5 Å². The number of likely N-dealkylation sites (N-methyl/N-ethyl adjacent to an activating group) is 1. The zero-order chi connectivity index (χ0) is 12.8. The molecular formula is C12H15F3N2. The average Bonchev–Trinajstić information content (AvgIpc) is 2.13. The number of benzene rings is 1. The van der Waals surface area contributed by atoms with Gasteiger partial charge in [-0.2, -0.15) is 13.2 Å². The molecule has 17 heavy (non-hydrogen) atoms. The van der Waals surface area contributed by atoms with Crippen molar-refractivity contribution in [2.24, 2.45) is 0 Å². The molecule has 0 aliphatic carbocycles. The van der Waals surface area contributed by atoms with Crippen molar-refractivity contribution in [3.8, 4) is 0 Å². The van der Waals surface area contributed by atoms with Gasteiger partial charge in [-0.25, -0.2) is 0 Å². The Kier molecular flexibility index (Phi) is 2.52. The minimum Gasteiger partial charge on any atom is -0.377 e. The van der Waals surface area contributed by atoms with Crippen LogP contribution in [-0.4, -0.2) is 19.1 Å². The smallest absolute Gasteiger partial charge is 0.377 e. The SMILES string of the molecule is CN1CC(C)(C)Nc2ccc(C(F)(F)F)cc21. The minimum atomic E-state index is -4.29. The predicted octanol–water partition coefficient (Wildman–Crippen LogP) is 3.35. The highest BCUT2D eigenvalue weighted by Gasteiger charge is 2.34. The molecule has 1 aliphatic rings. The number of hydrogen-bond acceptors (Lipinski definition) is 2. The van der Waals surface area contributed by atoms with Gasteiger partial charge in [0.25, 0.3) is 0 Å². The van der Waals surface area contributed by atoms with Crippen molar-refractivity contribution in [2.45, 2.75) is 25.6 Å². The third-order valence-corrected chi connectivity index (χ3v) is 2.84. The lowest BCUT2D eigenvalue weighted by molar-refractivity contribution is -0.137. The standard InChI is InChI=1S/C12H15F3N2/c1-11(2)7-17(3)10-6-8(12(13,14)15)4-5-9(10)16-11/h4-6,16H,7H2,1-3H3. The Morgan fingerprint density at radius 2 is 1.94 bits per heavy atom. The summed E-state index contributed by atoms with van der Waals surface area (Å²) in [6.07, 6.45) is -4.29. The van der Waals surface area contributed by atoms with Crippen LogP contribution in [0.5, 0.6) is 0 Å². The molecule has 0 saturated heterocycles. The highest BCUT2D eigenvalue weighted by molar-refractivity contribution is 5.74. The molecule has 0 aromatic heterocycles. The van der Waals surface area contributed by atoms with E-state index in [1.807, 2.05) is 25.8 Å². The molecule has 1 aromatic rings. The lowest BCUT2D eigenvalue weighted by Crippen LogP contribution is -2.47. The van der Waals surface area contributed by atoms with E-state index in [0.29, 0.717) is 12.2 Å². The van der Waals surface area contributed by atoms with Crippen molar-refractivity contribution in [2.75, 3.05) is 23.8 Å². The van der Waals surface area contributed by atoms with Crippen molar-refractivity contribution < 1.29 is 13.2 Å². The third kappa shape index (κ3) is 2.33. The molecule has 0 saturated carbocycles. The number of rotatable bonds is 0. The van der Waals surface area contributed by atoms with Crippen LogP contribution < -0.4 is 10.2 Å². The molecule has 1 N–H and O–H groups in total. The van der Waals surface area contributed by atoms with Gasteiger partial charge in [0.1, 0.15) is 0 Å². The summed E-state index contributed by atoms with van der Waals surface area (Å²) in [6.45, 7) is 4.70. The van der Waals surface area contributed by atoms with E-state index >= 15 is 0 Å². The van der Waals surface area contributed by atoms with E-state index in [0.717, 1.165) is 11.8 Å². The Bertz CT molecular complexity index is 438. The van der Waals surface area contributed by atoms with Crippen molar-refractivity contribution in [3.05, 3.63) is 23.8 Å². The van der Waals surface area contributed by atoms with Crippen LogP contribution in [-0.2, 0) is 6.18 Å². The van der Waals surface area contributed by atoms with Crippen molar-refractivity contribution in [3.63, 3.8) is 0 Å². The van der Waals surface area contributed by atoms with Crippen LogP contribution in [0.25, 0.3) is 0 Å². The second-order valence-electron chi connectivity index (χ2n) is 5.09. The van der Waals surface area contributed by atoms with Gasteiger partial charge in [0.05, 0.1) is 16.9 Å². The van der Waals surface area contributed by atoms with Gasteiger partial charge in [0.15, 0.2) is 0 Å². The molecule has 0 atom stereocenters. The molecule has 1 aromatic carbocycles. The fourth-order valence-electron chi connectivity index (χ4n) is 2.21. The van der Waals surface area contributed by atoms with Crippen molar-refractivity contribution in [1.82, 2.24) is 0 Å². The summed E-state index contributed by atoms with van der Waals surface area (Å²) in [7, 11) is 1.81. The predicted molar refractivity (Wildman–Crippen MR) is 62.4 cm³/mol. The molecule has 0 fully saturated rings. The van der Waals surface area contributed by atoms with E-state index in [1.165, 1.54) is 12.1 Å². The van der Waals surface area contributed by atoms with E-state index in [1.54, 1.807) is 0 Å². The Morgan fingerprint density at radius 3 is 2.53 bits per heavy atom.